The van der Waals surface area contributed by atoms with Gasteiger partial charge < -0.3 is 10.4 Å². The fraction of sp³-hybridized carbons (Fsp3) is 0.143. The molecule has 0 amide bonds. The SMILES string of the molecule is N#Cc1cnc(NCC(=O)O)cn1. The van der Waals surface area contributed by atoms with Crippen molar-refractivity contribution in [1.29, 1.82) is 5.26 Å². The fourth-order valence-electron chi connectivity index (χ4n) is 0.643. The number of carboxylic acid groups (broad SMARTS) is 1. The summed E-state index contributed by atoms with van der Waals surface area (Å²) < 4.78 is 0. The van der Waals surface area contributed by atoms with E-state index >= 15 is 0 Å². The highest BCUT2D eigenvalue weighted by atomic mass is 16.4. The quantitative estimate of drug-likeness (QED) is 0.667. The largest absolute Gasteiger partial charge is 0.480 e. The highest BCUT2D eigenvalue weighted by Crippen LogP contribution is 1.98. The van der Waals surface area contributed by atoms with Gasteiger partial charge in [-0.3, -0.25) is 4.79 Å². The number of anilines is 1. The number of hydrogen-bond donors (Lipinski definition) is 2. The van der Waals surface area contributed by atoms with Gasteiger partial charge in [0.05, 0.1) is 12.4 Å². The van der Waals surface area contributed by atoms with E-state index in [1.807, 2.05) is 0 Å². The topological polar surface area (TPSA) is 98.9 Å². The maximum absolute atomic E-state index is 10.1. The first-order valence-electron chi connectivity index (χ1n) is 3.40. The number of nitriles is 1. The number of hydrogen-bond acceptors (Lipinski definition) is 5. The van der Waals surface area contributed by atoms with Crippen molar-refractivity contribution in [3.05, 3.63) is 18.1 Å². The molecule has 1 aromatic heterocycles. The van der Waals surface area contributed by atoms with Crippen molar-refractivity contribution in [3.63, 3.8) is 0 Å². The summed E-state index contributed by atoms with van der Waals surface area (Å²) in [6.07, 6.45) is 2.58. The van der Waals surface area contributed by atoms with Crippen molar-refractivity contribution < 1.29 is 9.90 Å². The van der Waals surface area contributed by atoms with Crippen LogP contribution in [0.2, 0.25) is 0 Å². The normalized spacial score (nSPS) is 8.85. The summed E-state index contributed by atoms with van der Waals surface area (Å²) in [6.45, 7) is -0.222. The Bertz CT molecular complexity index is 341. The minimum absolute atomic E-state index is 0.195. The standard InChI is InChI=1S/C7H6N4O2/c8-1-5-2-10-6(3-9-5)11-4-7(12)13/h2-3H,4H2,(H,10,11)(H,12,13). The molecule has 0 saturated carbocycles. The highest BCUT2D eigenvalue weighted by molar-refractivity contribution is 5.72. The Morgan fingerprint density at radius 3 is 2.85 bits per heavy atom. The minimum Gasteiger partial charge on any atom is -0.480 e. The van der Waals surface area contributed by atoms with Crippen LogP contribution in [0, 0.1) is 11.3 Å². The first-order valence-corrected chi connectivity index (χ1v) is 3.40. The van der Waals surface area contributed by atoms with Crippen molar-refractivity contribution in [2.45, 2.75) is 0 Å². The third kappa shape index (κ3) is 2.75. The molecule has 0 radical (unpaired) electrons. The van der Waals surface area contributed by atoms with Gasteiger partial charge in [0.2, 0.25) is 0 Å². The Morgan fingerprint density at radius 1 is 1.62 bits per heavy atom. The molecule has 66 valence electrons. The second kappa shape index (κ2) is 4.01. The van der Waals surface area contributed by atoms with Gasteiger partial charge in [0.1, 0.15) is 18.4 Å². The third-order valence-electron chi connectivity index (χ3n) is 1.19. The van der Waals surface area contributed by atoms with E-state index in [0.29, 0.717) is 5.82 Å². The number of rotatable bonds is 3. The minimum atomic E-state index is -0.980. The molecule has 2 N–H and O–H groups in total. The third-order valence-corrected chi connectivity index (χ3v) is 1.19. The van der Waals surface area contributed by atoms with Crippen LogP contribution >= 0.6 is 0 Å². The monoisotopic (exact) mass is 178 g/mol. The molecule has 0 atom stereocenters. The average molecular weight is 178 g/mol. The molecule has 0 aliphatic rings. The van der Waals surface area contributed by atoms with E-state index in [1.54, 1.807) is 6.07 Å². The van der Waals surface area contributed by atoms with Crippen LogP contribution in [-0.2, 0) is 4.79 Å². The van der Waals surface area contributed by atoms with E-state index in [0.717, 1.165) is 0 Å². The first kappa shape index (κ1) is 8.93. The number of aliphatic carboxylic acids is 1. The molecule has 6 heteroatoms. The molecule has 0 fully saturated rings. The van der Waals surface area contributed by atoms with Gasteiger partial charge in [0.25, 0.3) is 0 Å². The molecule has 13 heavy (non-hydrogen) atoms. The van der Waals surface area contributed by atoms with E-state index < -0.39 is 5.97 Å². The van der Waals surface area contributed by atoms with Crippen molar-refractivity contribution in [1.82, 2.24) is 9.97 Å². The molecule has 0 bridgehead atoms. The van der Waals surface area contributed by atoms with Crippen LogP contribution in [-0.4, -0.2) is 27.6 Å². The Morgan fingerprint density at radius 2 is 2.38 bits per heavy atom. The number of carboxylic acids is 1. The summed E-state index contributed by atoms with van der Waals surface area (Å²) >= 11 is 0. The Kier molecular flexibility index (Phi) is 2.76. The number of nitrogens with zero attached hydrogens (tertiary/aromatic N) is 3. The number of aromatic nitrogens is 2. The zero-order valence-electron chi connectivity index (χ0n) is 6.56. The highest BCUT2D eigenvalue weighted by Gasteiger charge is 1.98. The summed E-state index contributed by atoms with van der Waals surface area (Å²) in [5.41, 5.74) is 0.195. The molecule has 6 nitrogen and oxygen atoms in total. The number of nitrogens with one attached hydrogen (secondary N) is 1. The molecule has 0 unspecified atom stereocenters. The van der Waals surface area contributed by atoms with E-state index in [2.05, 4.69) is 15.3 Å². The molecular weight excluding hydrogens is 172 g/mol. The van der Waals surface area contributed by atoms with E-state index in [9.17, 15) is 4.79 Å². The van der Waals surface area contributed by atoms with Crippen LogP contribution < -0.4 is 5.32 Å². The van der Waals surface area contributed by atoms with E-state index in [-0.39, 0.29) is 12.2 Å². The van der Waals surface area contributed by atoms with Crippen molar-refractivity contribution in [3.8, 4) is 6.07 Å². The molecular formula is C7H6N4O2. The second-order valence-corrected chi connectivity index (χ2v) is 2.15. The van der Waals surface area contributed by atoms with Gasteiger partial charge in [-0.15, -0.1) is 0 Å². The smallest absolute Gasteiger partial charge is 0.322 e. The lowest BCUT2D eigenvalue weighted by Crippen LogP contribution is -2.13. The maximum Gasteiger partial charge on any atom is 0.322 e. The van der Waals surface area contributed by atoms with Crippen LogP contribution in [0.3, 0.4) is 0 Å². The fourth-order valence-corrected chi connectivity index (χ4v) is 0.643. The predicted molar refractivity (Wildman–Crippen MR) is 42.9 cm³/mol. The van der Waals surface area contributed by atoms with Crippen LogP contribution in [0.1, 0.15) is 5.69 Å². The zero-order chi connectivity index (χ0) is 9.68. The number of carbonyl (C=O) groups is 1. The van der Waals surface area contributed by atoms with Gasteiger partial charge in [-0.2, -0.15) is 5.26 Å². The van der Waals surface area contributed by atoms with Gasteiger partial charge in [-0.25, -0.2) is 9.97 Å². The molecule has 1 heterocycles. The molecule has 0 saturated heterocycles. The van der Waals surface area contributed by atoms with Gasteiger partial charge in [-0.1, -0.05) is 0 Å². The van der Waals surface area contributed by atoms with E-state index in [1.165, 1.54) is 12.4 Å². The van der Waals surface area contributed by atoms with Crippen LogP contribution in [0.15, 0.2) is 12.4 Å². The zero-order valence-corrected chi connectivity index (χ0v) is 6.56. The van der Waals surface area contributed by atoms with Gasteiger partial charge in [0, 0.05) is 0 Å². The molecule has 1 aromatic rings. The van der Waals surface area contributed by atoms with Crippen molar-refractivity contribution >= 4 is 11.8 Å². The molecule has 0 aromatic carbocycles. The van der Waals surface area contributed by atoms with Crippen LogP contribution in [0.4, 0.5) is 5.82 Å². The van der Waals surface area contributed by atoms with Gasteiger partial charge in [0.15, 0.2) is 5.69 Å². The first-order chi connectivity index (χ1) is 6.22. The Hall–Kier alpha value is -2.16. The summed E-state index contributed by atoms with van der Waals surface area (Å²) in [6, 6.07) is 1.80. The van der Waals surface area contributed by atoms with E-state index in [4.69, 9.17) is 10.4 Å². The van der Waals surface area contributed by atoms with Crippen LogP contribution in [0.5, 0.6) is 0 Å². The van der Waals surface area contributed by atoms with Crippen molar-refractivity contribution in [2.75, 3.05) is 11.9 Å². The van der Waals surface area contributed by atoms with Crippen LogP contribution in [0.25, 0.3) is 0 Å². The summed E-state index contributed by atoms with van der Waals surface area (Å²) in [5, 5.41) is 19.2. The molecule has 0 aliphatic carbocycles. The summed E-state index contributed by atoms with van der Waals surface area (Å²) in [5.74, 6) is -0.646. The second-order valence-electron chi connectivity index (χ2n) is 2.15. The van der Waals surface area contributed by atoms with Gasteiger partial charge in [-0.05, 0) is 0 Å². The predicted octanol–water partition coefficient (Wildman–Crippen LogP) is -0.155. The lowest BCUT2D eigenvalue weighted by Gasteiger charge is -1.99. The molecule has 0 spiro atoms. The maximum atomic E-state index is 10.1. The Balaban J connectivity index is 2.60. The Labute approximate surface area is 73.9 Å². The lowest BCUT2D eigenvalue weighted by molar-refractivity contribution is -0.134. The summed E-state index contributed by atoms with van der Waals surface area (Å²) in [4.78, 5) is 17.6. The molecule has 0 aliphatic heterocycles. The average Bonchev–Trinajstić information content (AvgIpc) is 2.15. The summed E-state index contributed by atoms with van der Waals surface area (Å²) in [7, 11) is 0. The molecule has 1 rings (SSSR count). The van der Waals surface area contributed by atoms with Crippen molar-refractivity contribution in [2.24, 2.45) is 0 Å². The van der Waals surface area contributed by atoms with Gasteiger partial charge >= 0.3 is 5.97 Å². The lowest BCUT2D eigenvalue weighted by atomic mass is 10.5.